The van der Waals surface area contributed by atoms with E-state index < -0.39 is 0 Å². The van der Waals surface area contributed by atoms with E-state index in [9.17, 15) is 4.79 Å². The topological polar surface area (TPSA) is 56.7 Å². The fraction of sp³-hybridized carbons (Fsp3) is 0.579. The van der Waals surface area contributed by atoms with Crippen molar-refractivity contribution in [3.63, 3.8) is 0 Å². The Morgan fingerprint density at radius 1 is 1.32 bits per heavy atom. The fourth-order valence-electron chi connectivity index (χ4n) is 2.70. The van der Waals surface area contributed by atoms with Gasteiger partial charge in [0.05, 0.1) is 0 Å². The standard InChI is InChI=1S/C19H30N4OS/c1-4-20-19(23-10-11-25-17(14-23)15(2)3)22-13-18(24)21-12-16-8-6-5-7-9-16/h5-9,15,17H,4,10-14H2,1-3H3,(H,20,22)(H,21,24). The maximum absolute atomic E-state index is 12.1. The Balaban J connectivity index is 1.88. The maximum Gasteiger partial charge on any atom is 0.242 e. The summed E-state index contributed by atoms with van der Waals surface area (Å²) in [4.78, 5) is 19.0. The number of carbonyl (C=O) groups is 1. The minimum atomic E-state index is -0.0500. The van der Waals surface area contributed by atoms with Crippen LogP contribution >= 0.6 is 11.8 Å². The molecule has 1 unspecified atom stereocenters. The summed E-state index contributed by atoms with van der Waals surface area (Å²) in [5.41, 5.74) is 1.10. The van der Waals surface area contributed by atoms with E-state index in [1.807, 2.05) is 42.1 Å². The first kappa shape index (κ1) is 19.6. The summed E-state index contributed by atoms with van der Waals surface area (Å²) in [6, 6.07) is 9.93. The van der Waals surface area contributed by atoms with Gasteiger partial charge >= 0.3 is 0 Å². The summed E-state index contributed by atoms with van der Waals surface area (Å²) < 4.78 is 0. The van der Waals surface area contributed by atoms with Crippen molar-refractivity contribution in [3.8, 4) is 0 Å². The van der Waals surface area contributed by atoms with Gasteiger partial charge < -0.3 is 15.5 Å². The first-order chi connectivity index (χ1) is 12.1. The summed E-state index contributed by atoms with van der Waals surface area (Å²) >= 11 is 2.04. The summed E-state index contributed by atoms with van der Waals surface area (Å²) in [6.45, 7) is 10.1. The molecule has 0 aromatic heterocycles. The number of hydrogen-bond acceptors (Lipinski definition) is 3. The highest BCUT2D eigenvalue weighted by atomic mass is 32.2. The Kier molecular flexibility index (Phi) is 8.12. The number of nitrogens with one attached hydrogen (secondary N) is 2. The van der Waals surface area contributed by atoms with Crippen LogP contribution in [0.1, 0.15) is 26.3 Å². The van der Waals surface area contributed by atoms with E-state index in [1.54, 1.807) is 0 Å². The van der Waals surface area contributed by atoms with E-state index in [4.69, 9.17) is 0 Å². The molecule has 0 aliphatic carbocycles. The molecule has 25 heavy (non-hydrogen) atoms. The zero-order valence-corrected chi connectivity index (χ0v) is 16.3. The molecule has 5 nitrogen and oxygen atoms in total. The lowest BCUT2D eigenvalue weighted by Gasteiger charge is -2.36. The van der Waals surface area contributed by atoms with Crippen LogP contribution in [0.25, 0.3) is 0 Å². The van der Waals surface area contributed by atoms with E-state index in [2.05, 4.69) is 41.3 Å². The molecule has 1 aromatic carbocycles. The van der Waals surface area contributed by atoms with Crippen molar-refractivity contribution >= 4 is 23.6 Å². The van der Waals surface area contributed by atoms with Gasteiger partial charge in [0.1, 0.15) is 6.54 Å². The zero-order valence-electron chi connectivity index (χ0n) is 15.5. The molecule has 1 atom stereocenters. The van der Waals surface area contributed by atoms with Gasteiger partial charge in [-0.1, -0.05) is 44.2 Å². The SMILES string of the molecule is CCNC(=NCC(=O)NCc1ccccc1)N1CCSC(C(C)C)C1. The van der Waals surface area contributed by atoms with E-state index >= 15 is 0 Å². The van der Waals surface area contributed by atoms with Crippen LogP contribution in [0, 0.1) is 5.92 Å². The van der Waals surface area contributed by atoms with Crippen LogP contribution in [0.2, 0.25) is 0 Å². The number of nitrogens with zero attached hydrogens (tertiary/aromatic N) is 2. The molecular weight excluding hydrogens is 332 g/mol. The Morgan fingerprint density at radius 2 is 2.08 bits per heavy atom. The lowest BCUT2D eigenvalue weighted by Crippen LogP contribution is -2.49. The summed E-state index contributed by atoms with van der Waals surface area (Å²) in [5, 5.41) is 6.87. The molecule has 6 heteroatoms. The van der Waals surface area contributed by atoms with Crippen LogP contribution in [0.15, 0.2) is 35.3 Å². The zero-order chi connectivity index (χ0) is 18.1. The van der Waals surface area contributed by atoms with Gasteiger partial charge in [0, 0.05) is 37.2 Å². The predicted octanol–water partition coefficient (Wildman–Crippen LogP) is 2.34. The molecule has 138 valence electrons. The molecule has 1 amide bonds. The number of amides is 1. The van der Waals surface area contributed by atoms with Crippen LogP contribution in [0.5, 0.6) is 0 Å². The second-order valence-electron chi connectivity index (χ2n) is 6.53. The van der Waals surface area contributed by atoms with Gasteiger partial charge in [0.2, 0.25) is 5.91 Å². The molecule has 2 rings (SSSR count). The third-order valence-electron chi connectivity index (χ3n) is 4.18. The number of benzene rings is 1. The van der Waals surface area contributed by atoms with Gasteiger partial charge in [-0.2, -0.15) is 11.8 Å². The van der Waals surface area contributed by atoms with Crippen molar-refractivity contribution in [1.82, 2.24) is 15.5 Å². The number of guanidine groups is 1. The first-order valence-corrected chi connectivity index (χ1v) is 10.1. The van der Waals surface area contributed by atoms with E-state index in [-0.39, 0.29) is 12.5 Å². The molecule has 1 fully saturated rings. The summed E-state index contributed by atoms with van der Waals surface area (Å²) in [5.74, 6) is 2.55. The molecule has 1 aliphatic heterocycles. The molecule has 2 N–H and O–H groups in total. The van der Waals surface area contributed by atoms with Crippen molar-refractivity contribution in [3.05, 3.63) is 35.9 Å². The monoisotopic (exact) mass is 362 g/mol. The average Bonchev–Trinajstić information content (AvgIpc) is 2.64. The van der Waals surface area contributed by atoms with Crippen molar-refractivity contribution in [2.75, 3.05) is 31.9 Å². The first-order valence-electron chi connectivity index (χ1n) is 9.05. The lowest BCUT2D eigenvalue weighted by molar-refractivity contribution is -0.119. The third kappa shape index (κ3) is 6.61. The molecule has 0 bridgehead atoms. The van der Waals surface area contributed by atoms with E-state index in [1.165, 1.54) is 0 Å². The average molecular weight is 363 g/mol. The minimum Gasteiger partial charge on any atom is -0.357 e. The van der Waals surface area contributed by atoms with Crippen molar-refractivity contribution in [2.24, 2.45) is 10.9 Å². The van der Waals surface area contributed by atoms with E-state index in [0.29, 0.717) is 17.7 Å². The van der Waals surface area contributed by atoms with Crippen molar-refractivity contribution in [2.45, 2.75) is 32.6 Å². The highest BCUT2D eigenvalue weighted by Crippen LogP contribution is 2.24. The van der Waals surface area contributed by atoms with Crippen LogP contribution in [0.4, 0.5) is 0 Å². The quantitative estimate of drug-likeness (QED) is 0.602. The van der Waals surface area contributed by atoms with Gasteiger partial charge in [0.15, 0.2) is 5.96 Å². The van der Waals surface area contributed by atoms with Gasteiger partial charge in [0.25, 0.3) is 0 Å². The minimum absolute atomic E-state index is 0.0500. The molecule has 1 heterocycles. The van der Waals surface area contributed by atoms with Crippen molar-refractivity contribution in [1.29, 1.82) is 0 Å². The van der Waals surface area contributed by atoms with Crippen LogP contribution in [0.3, 0.4) is 0 Å². The second-order valence-corrected chi connectivity index (χ2v) is 7.88. The van der Waals surface area contributed by atoms with Crippen molar-refractivity contribution < 1.29 is 4.79 Å². The molecule has 0 saturated carbocycles. The largest absolute Gasteiger partial charge is 0.357 e. The number of rotatable bonds is 6. The highest BCUT2D eigenvalue weighted by molar-refractivity contribution is 8.00. The molecule has 1 aromatic rings. The Bertz CT molecular complexity index is 562. The number of thioether (sulfide) groups is 1. The predicted molar refractivity (Wildman–Crippen MR) is 107 cm³/mol. The Labute approximate surface area is 155 Å². The van der Waals surface area contributed by atoms with Gasteiger partial charge in [-0.15, -0.1) is 0 Å². The Morgan fingerprint density at radius 3 is 2.76 bits per heavy atom. The molecular formula is C19H30N4OS. The molecule has 1 saturated heterocycles. The lowest BCUT2D eigenvalue weighted by atomic mass is 10.1. The highest BCUT2D eigenvalue weighted by Gasteiger charge is 2.24. The van der Waals surface area contributed by atoms with Crippen LogP contribution < -0.4 is 10.6 Å². The third-order valence-corrected chi connectivity index (χ3v) is 5.72. The summed E-state index contributed by atoms with van der Waals surface area (Å²) in [7, 11) is 0. The molecule has 0 radical (unpaired) electrons. The van der Waals surface area contributed by atoms with Crippen LogP contribution in [-0.4, -0.2) is 53.9 Å². The fourth-order valence-corrected chi connectivity index (χ4v) is 3.99. The molecule has 1 aliphatic rings. The van der Waals surface area contributed by atoms with Gasteiger partial charge in [-0.05, 0) is 18.4 Å². The van der Waals surface area contributed by atoms with Gasteiger partial charge in [-0.25, -0.2) is 4.99 Å². The normalized spacial score (nSPS) is 18.3. The Hall–Kier alpha value is -1.69. The number of aliphatic imine (C=N–C) groups is 1. The number of hydrogen-bond donors (Lipinski definition) is 2. The molecule has 0 spiro atoms. The number of carbonyl (C=O) groups excluding carboxylic acids is 1. The smallest absolute Gasteiger partial charge is 0.242 e. The van der Waals surface area contributed by atoms with E-state index in [0.717, 1.165) is 36.9 Å². The second kappa shape index (κ2) is 10.3. The summed E-state index contributed by atoms with van der Waals surface area (Å²) in [6.07, 6.45) is 0. The van der Waals surface area contributed by atoms with Gasteiger partial charge in [-0.3, -0.25) is 4.79 Å². The maximum atomic E-state index is 12.1. The van der Waals surface area contributed by atoms with Crippen LogP contribution in [-0.2, 0) is 11.3 Å².